The minimum Gasteiger partial charge on any atom is -0.495 e. The molecule has 0 aliphatic heterocycles. The maximum Gasteiger partial charge on any atom is 0.263 e. The van der Waals surface area contributed by atoms with Crippen molar-refractivity contribution in [1.82, 2.24) is 0 Å². The van der Waals surface area contributed by atoms with Gasteiger partial charge in [0.25, 0.3) is 10.0 Å². The summed E-state index contributed by atoms with van der Waals surface area (Å²) in [4.78, 5) is -0.0954. The van der Waals surface area contributed by atoms with Gasteiger partial charge < -0.3 is 10.5 Å². The van der Waals surface area contributed by atoms with Crippen molar-refractivity contribution in [2.75, 3.05) is 17.6 Å². The van der Waals surface area contributed by atoms with Crippen LogP contribution in [0.4, 0.5) is 11.4 Å². The molecule has 0 fully saturated rings. The summed E-state index contributed by atoms with van der Waals surface area (Å²) in [5.74, 6) is 0.446. The van der Waals surface area contributed by atoms with Crippen LogP contribution in [0.15, 0.2) is 41.3 Å². The van der Waals surface area contributed by atoms with Gasteiger partial charge in [-0.15, -0.1) is 0 Å². The van der Waals surface area contributed by atoms with E-state index in [0.717, 1.165) is 0 Å². The summed E-state index contributed by atoms with van der Waals surface area (Å²) in [6.07, 6.45) is 0. The van der Waals surface area contributed by atoms with Crippen molar-refractivity contribution < 1.29 is 13.2 Å². The molecule has 0 atom stereocenters. The third kappa shape index (κ3) is 3.53. The number of rotatable bonds is 4. The first-order chi connectivity index (χ1) is 9.83. The lowest BCUT2D eigenvalue weighted by Crippen LogP contribution is -2.14. The molecule has 0 amide bonds. The van der Waals surface area contributed by atoms with E-state index in [1.54, 1.807) is 6.07 Å². The Labute approximate surface area is 132 Å². The van der Waals surface area contributed by atoms with Crippen LogP contribution in [0.1, 0.15) is 0 Å². The van der Waals surface area contributed by atoms with E-state index in [1.165, 1.54) is 37.4 Å². The van der Waals surface area contributed by atoms with Gasteiger partial charge in [-0.05, 0) is 36.4 Å². The molecule has 21 heavy (non-hydrogen) atoms. The summed E-state index contributed by atoms with van der Waals surface area (Å²) in [6.45, 7) is 0. The van der Waals surface area contributed by atoms with Crippen LogP contribution in [0, 0.1) is 0 Å². The summed E-state index contributed by atoms with van der Waals surface area (Å²) < 4.78 is 32.0. The Morgan fingerprint density at radius 1 is 1.14 bits per heavy atom. The van der Waals surface area contributed by atoms with Gasteiger partial charge in [-0.1, -0.05) is 23.2 Å². The van der Waals surface area contributed by atoms with Gasteiger partial charge in [0.1, 0.15) is 10.6 Å². The number of halogens is 2. The molecule has 0 aliphatic carbocycles. The molecule has 0 spiro atoms. The largest absolute Gasteiger partial charge is 0.495 e. The fraction of sp³-hybridized carbons (Fsp3) is 0.0769. The van der Waals surface area contributed by atoms with Gasteiger partial charge in [0.05, 0.1) is 23.5 Å². The second-order valence-corrected chi connectivity index (χ2v) is 6.63. The van der Waals surface area contributed by atoms with Crippen LogP contribution >= 0.6 is 23.2 Å². The average molecular weight is 347 g/mol. The van der Waals surface area contributed by atoms with Crippen LogP contribution in [-0.2, 0) is 10.0 Å². The predicted octanol–water partition coefficient (Wildman–Crippen LogP) is 3.39. The third-order valence-corrected chi connectivity index (χ3v) is 4.64. The van der Waals surface area contributed by atoms with E-state index in [2.05, 4.69) is 4.72 Å². The molecule has 0 aliphatic rings. The highest BCUT2D eigenvalue weighted by molar-refractivity contribution is 7.92. The number of methoxy groups -OCH3 is 1. The van der Waals surface area contributed by atoms with E-state index >= 15 is 0 Å². The minimum absolute atomic E-state index is 0.0954. The SMILES string of the molecule is COc1ccc(NS(=O)(=O)c2cc(Cl)ccc2N)cc1Cl. The van der Waals surface area contributed by atoms with Crippen molar-refractivity contribution in [2.24, 2.45) is 0 Å². The lowest BCUT2D eigenvalue weighted by atomic mass is 10.3. The van der Waals surface area contributed by atoms with Gasteiger partial charge in [-0.2, -0.15) is 0 Å². The van der Waals surface area contributed by atoms with Crippen molar-refractivity contribution in [1.29, 1.82) is 0 Å². The molecule has 5 nitrogen and oxygen atoms in total. The van der Waals surface area contributed by atoms with E-state index in [9.17, 15) is 8.42 Å². The number of nitrogens with one attached hydrogen (secondary N) is 1. The normalized spacial score (nSPS) is 11.2. The highest BCUT2D eigenvalue weighted by atomic mass is 35.5. The van der Waals surface area contributed by atoms with Crippen molar-refractivity contribution in [2.45, 2.75) is 4.90 Å². The van der Waals surface area contributed by atoms with Crippen LogP contribution in [0.5, 0.6) is 5.75 Å². The van der Waals surface area contributed by atoms with Gasteiger partial charge in [0.2, 0.25) is 0 Å². The Hall–Kier alpha value is -1.63. The molecule has 2 aromatic carbocycles. The zero-order chi connectivity index (χ0) is 15.6. The van der Waals surface area contributed by atoms with Gasteiger partial charge in [-0.3, -0.25) is 4.72 Å². The Morgan fingerprint density at radius 3 is 2.48 bits per heavy atom. The molecule has 0 saturated carbocycles. The summed E-state index contributed by atoms with van der Waals surface area (Å²) >= 11 is 11.8. The quantitative estimate of drug-likeness (QED) is 0.831. The van der Waals surface area contributed by atoms with E-state index in [4.69, 9.17) is 33.7 Å². The van der Waals surface area contributed by atoms with Crippen LogP contribution in [0.25, 0.3) is 0 Å². The smallest absolute Gasteiger partial charge is 0.263 e. The molecule has 0 radical (unpaired) electrons. The first-order valence-electron chi connectivity index (χ1n) is 5.75. The van der Waals surface area contributed by atoms with E-state index < -0.39 is 10.0 Å². The molecule has 0 unspecified atom stereocenters. The van der Waals surface area contributed by atoms with Gasteiger partial charge in [-0.25, -0.2) is 8.42 Å². The molecule has 3 N–H and O–H groups in total. The number of anilines is 2. The van der Waals surface area contributed by atoms with E-state index in [1.807, 2.05) is 0 Å². The fourth-order valence-electron chi connectivity index (χ4n) is 1.68. The fourth-order valence-corrected chi connectivity index (χ4v) is 3.38. The molecule has 0 bridgehead atoms. The first kappa shape index (κ1) is 15.8. The monoisotopic (exact) mass is 346 g/mol. The van der Waals surface area contributed by atoms with Crippen molar-refractivity contribution in [3.63, 3.8) is 0 Å². The minimum atomic E-state index is -3.86. The van der Waals surface area contributed by atoms with Gasteiger partial charge in [0.15, 0.2) is 0 Å². The van der Waals surface area contributed by atoms with Crippen molar-refractivity contribution in [3.8, 4) is 5.75 Å². The molecule has 8 heteroatoms. The van der Waals surface area contributed by atoms with Crippen molar-refractivity contribution >= 4 is 44.6 Å². The second-order valence-electron chi connectivity index (χ2n) is 4.14. The maximum absolute atomic E-state index is 12.3. The lowest BCUT2D eigenvalue weighted by Gasteiger charge is -2.11. The Bertz CT molecular complexity index is 779. The molecule has 2 aromatic rings. The Morgan fingerprint density at radius 2 is 1.86 bits per heavy atom. The Balaban J connectivity index is 2.37. The molecule has 0 aromatic heterocycles. The zero-order valence-electron chi connectivity index (χ0n) is 10.9. The Kier molecular flexibility index (Phi) is 4.51. The second kappa shape index (κ2) is 6.01. The summed E-state index contributed by atoms with van der Waals surface area (Å²) in [5.41, 5.74) is 6.08. The topological polar surface area (TPSA) is 81.4 Å². The van der Waals surface area contributed by atoms with Gasteiger partial charge >= 0.3 is 0 Å². The number of nitrogens with two attached hydrogens (primary N) is 1. The van der Waals surface area contributed by atoms with E-state index in [0.29, 0.717) is 11.4 Å². The third-order valence-electron chi connectivity index (χ3n) is 2.67. The molecular formula is C13H12Cl2N2O3S. The number of benzene rings is 2. The number of hydrogen-bond acceptors (Lipinski definition) is 4. The molecule has 0 saturated heterocycles. The van der Waals surface area contributed by atoms with Crippen LogP contribution in [0.3, 0.4) is 0 Å². The lowest BCUT2D eigenvalue weighted by molar-refractivity contribution is 0.415. The molecular weight excluding hydrogens is 335 g/mol. The van der Waals surface area contributed by atoms with Crippen molar-refractivity contribution in [3.05, 3.63) is 46.4 Å². The highest BCUT2D eigenvalue weighted by Gasteiger charge is 2.18. The van der Waals surface area contributed by atoms with Crippen LogP contribution in [0.2, 0.25) is 10.0 Å². The highest BCUT2D eigenvalue weighted by Crippen LogP contribution is 2.30. The number of hydrogen-bond donors (Lipinski definition) is 2. The van der Waals surface area contributed by atoms with E-state index in [-0.39, 0.29) is 20.6 Å². The summed E-state index contributed by atoms with van der Waals surface area (Å²) in [6, 6.07) is 8.76. The first-order valence-corrected chi connectivity index (χ1v) is 7.99. The van der Waals surface area contributed by atoms with Gasteiger partial charge in [0, 0.05) is 5.02 Å². The summed E-state index contributed by atoms with van der Waals surface area (Å²) in [5, 5.41) is 0.564. The van der Waals surface area contributed by atoms with Crippen LogP contribution < -0.4 is 15.2 Å². The summed E-state index contributed by atoms with van der Waals surface area (Å²) in [7, 11) is -2.39. The van der Waals surface area contributed by atoms with Crippen LogP contribution in [-0.4, -0.2) is 15.5 Å². The maximum atomic E-state index is 12.3. The zero-order valence-corrected chi connectivity index (χ0v) is 13.3. The molecule has 2 rings (SSSR count). The molecule has 0 heterocycles. The number of nitrogen functional groups attached to an aromatic ring is 1. The average Bonchev–Trinajstić information content (AvgIpc) is 2.41. The molecule has 112 valence electrons. The number of ether oxygens (including phenoxy) is 1. The standard InChI is InChI=1S/C13H12Cl2N2O3S/c1-20-12-5-3-9(7-10(12)15)17-21(18,19)13-6-8(14)2-4-11(13)16/h2-7,17H,16H2,1H3. The number of sulfonamides is 1. The predicted molar refractivity (Wildman–Crippen MR) is 84.7 cm³/mol.